The van der Waals surface area contributed by atoms with E-state index in [0.29, 0.717) is 6.42 Å². The van der Waals surface area contributed by atoms with Crippen LogP contribution in [0.1, 0.15) is 31.2 Å². The van der Waals surface area contributed by atoms with Crippen LogP contribution in [-0.4, -0.2) is 19.6 Å². The van der Waals surface area contributed by atoms with Crippen molar-refractivity contribution in [2.75, 3.05) is 6.61 Å². The number of unbranched alkanes of at least 4 members (excludes halogenated alkanes) is 3. The average molecular weight is 382 g/mol. The molecule has 4 nitrogen and oxygen atoms in total. The third-order valence-electron chi connectivity index (χ3n) is 5.19. The smallest absolute Gasteiger partial charge is 0.264 e. The first-order valence-corrected chi connectivity index (χ1v) is 10.7. The van der Waals surface area contributed by atoms with E-state index in [9.17, 15) is 8.42 Å². The van der Waals surface area contributed by atoms with Crippen LogP contribution in [0.2, 0.25) is 0 Å². The molecule has 0 saturated carbocycles. The van der Waals surface area contributed by atoms with E-state index in [1.165, 1.54) is 37.9 Å². The van der Waals surface area contributed by atoms with E-state index < -0.39 is 10.4 Å². The highest BCUT2D eigenvalue weighted by molar-refractivity contribution is 7.80. The van der Waals surface area contributed by atoms with Gasteiger partial charge in [0.25, 0.3) is 0 Å². The van der Waals surface area contributed by atoms with Crippen LogP contribution in [-0.2, 0) is 21.0 Å². The molecule has 5 heteroatoms. The van der Waals surface area contributed by atoms with Crippen molar-refractivity contribution in [1.29, 1.82) is 0 Å². The van der Waals surface area contributed by atoms with E-state index in [2.05, 4.69) is 58.8 Å². The Bertz CT molecular complexity index is 1170. The van der Waals surface area contributed by atoms with Gasteiger partial charge in [-0.3, -0.25) is 4.55 Å². The molecule has 4 aromatic carbocycles. The third kappa shape index (κ3) is 3.90. The van der Waals surface area contributed by atoms with Crippen LogP contribution in [0.15, 0.2) is 54.6 Å². The Labute approximate surface area is 159 Å². The van der Waals surface area contributed by atoms with Gasteiger partial charge < -0.3 is 0 Å². The second-order valence-corrected chi connectivity index (χ2v) is 8.09. The zero-order valence-corrected chi connectivity index (χ0v) is 15.8. The summed E-state index contributed by atoms with van der Waals surface area (Å²) >= 11 is 0. The summed E-state index contributed by atoms with van der Waals surface area (Å²) in [6.07, 6.45) is 4.53. The van der Waals surface area contributed by atoms with E-state index in [1.807, 2.05) is 0 Å². The van der Waals surface area contributed by atoms with Gasteiger partial charge in [-0.1, -0.05) is 67.4 Å². The summed E-state index contributed by atoms with van der Waals surface area (Å²) in [5, 5.41) is 7.86. The van der Waals surface area contributed by atoms with E-state index in [4.69, 9.17) is 4.55 Å². The summed E-state index contributed by atoms with van der Waals surface area (Å²) < 4.78 is 33.9. The zero-order chi connectivity index (χ0) is 18.9. The molecule has 0 heterocycles. The Morgan fingerprint density at radius 2 is 1.37 bits per heavy atom. The maximum absolute atomic E-state index is 10.5. The highest BCUT2D eigenvalue weighted by atomic mass is 32.3. The lowest BCUT2D eigenvalue weighted by atomic mass is 9.90. The summed E-state index contributed by atoms with van der Waals surface area (Å²) in [6, 6.07) is 19.7. The van der Waals surface area contributed by atoms with Crippen LogP contribution in [0.5, 0.6) is 0 Å². The molecule has 0 atom stereocenters. The molecule has 140 valence electrons. The molecule has 0 amide bonds. The SMILES string of the molecule is O=S(=O)(O)OCCCCCCc1ccc2ccc3cccc4ccc1c2c34. The van der Waals surface area contributed by atoms with Crippen molar-refractivity contribution in [2.45, 2.75) is 32.1 Å². The first-order valence-electron chi connectivity index (χ1n) is 9.30. The van der Waals surface area contributed by atoms with Gasteiger partial charge in [-0.25, -0.2) is 4.18 Å². The molecule has 0 aliphatic heterocycles. The quantitative estimate of drug-likeness (QED) is 0.248. The van der Waals surface area contributed by atoms with Crippen LogP contribution in [0.25, 0.3) is 32.3 Å². The van der Waals surface area contributed by atoms with Crippen molar-refractivity contribution < 1.29 is 17.2 Å². The minimum atomic E-state index is -4.31. The van der Waals surface area contributed by atoms with Gasteiger partial charge in [-0.05, 0) is 57.1 Å². The summed E-state index contributed by atoms with van der Waals surface area (Å²) in [4.78, 5) is 0. The van der Waals surface area contributed by atoms with E-state index in [1.54, 1.807) is 0 Å². The number of hydrogen-bond donors (Lipinski definition) is 1. The van der Waals surface area contributed by atoms with Crippen LogP contribution >= 0.6 is 0 Å². The molecule has 0 spiro atoms. The first kappa shape index (κ1) is 18.2. The summed E-state index contributed by atoms with van der Waals surface area (Å²) in [5.74, 6) is 0. The molecular formula is C22H22O4S. The molecule has 0 fully saturated rings. The monoisotopic (exact) mass is 382 g/mol. The van der Waals surface area contributed by atoms with Gasteiger partial charge in [0.1, 0.15) is 0 Å². The molecule has 0 aliphatic carbocycles. The van der Waals surface area contributed by atoms with Crippen LogP contribution in [0, 0.1) is 0 Å². The van der Waals surface area contributed by atoms with Crippen molar-refractivity contribution >= 4 is 42.7 Å². The van der Waals surface area contributed by atoms with Gasteiger partial charge in [0, 0.05) is 0 Å². The van der Waals surface area contributed by atoms with Crippen molar-refractivity contribution in [3.8, 4) is 0 Å². The minimum absolute atomic E-state index is 0.0392. The second kappa shape index (κ2) is 7.43. The Morgan fingerprint density at radius 3 is 2.11 bits per heavy atom. The van der Waals surface area contributed by atoms with Gasteiger partial charge in [0.05, 0.1) is 6.61 Å². The number of hydrogen-bond acceptors (Lipinski definition) is 3. The molecule has 1 N–H and O–H groups in total. The number of rotatable bonds is 8. The molecule has 0 aliphatic rings. The largest absolute Gasteiger partial charge is 0.397 e. The van der Waals surface area contributed by atoms with Crippen molar-refractivity contribution in [2.24, 2.45) is 0 Å². The minimum Gasteiger partial charge on any atom is -0.264 e. The second-order valence-electron chi connectivity index (χ2n) is 6.99. The van der Waals surface area contributed by atoms with Gasteiger partial charge in [-0.15, -0.1) is 0 Å². The van der Waals surface area contributed by atoms with Crippen LogP contribution < -0.4 is 0 Å². The van der Waals surface area contributed by atoms with Crippen molar-refractivity contribution in [1.82, 2.24) is 0 Å². The lowest BCUT2D eigenvalue weighted by Gasteiger charge is -2.14. The summed E-state index contributed by atoms with van der Waals surface area (Å²) in [5.41, 5.74) is 1.36. The Balaban J connectivity index is 1.48. The molecule has 27 heavy (non-hydrogen) atoms. The standard InChI is InChI=1S/C22H22O4S/c23-27(24,25)26-15-4-2-1-3-6-16-9-10-19-12-11-17-7-5-8-18-13-14-20(16)22(19)21(17)18/h5,7-14H,1-4,6,15H2,(H,23,24,25). The van der Waals surface area contributed by atoms with Crippen molar-refractivity contribution in [3.05, 3.63) is 60.2 Å². The molecule has 0 saturated heterocycles. The maximum atomic E-state index is 10.5. The number of benzene rings is 4. The third-order valence-corrected chi connectivity index (χ3v) is 5.66. The molecule has 0 aromatic heterocycles. The Morgan fingerprint density at radius 1 is 0.741 bits per heavy atom. The number of aryl methyl sites for hydroxylation is 1. The fourth-order valence-corrected chi connectivity index (χ4v) is 4.28. The topological polar surface area (TPSA) is 63.6 Å². The van der Waals surface area contributed by atoms with Gasteiger partial charge >= 0.3 is 10.4 Å². The van der Waals surface area contributed by atoms with E-state index in [0.717, 1.165) is 25.7 Å². The summed E-state index contributed by atoms with van der Waals surface area (Å²) in [6.45, 7) is 0.0392. The Kier molecular flexibility index (Phi) is 5.00. The zero-order valence-electron chi connectivity index (χ0n) is 15.0. The van der Waals surface area contributed by atoms with E-state index >= 15 is 0 Å². The molecule has 4 aromatic rings. The summed E-state index contributed by atoms with van der Waals surface area (Å²) in [7, 11) is -4.31. The van der Waals surface area contributed by atoms with Crippen LogP contribution in [0.3, 0.4) is 0 Å². The molecule has 0 unspecified atom stereocenters. The van der Waals surface area contributed by atoms with Crippen LogP contribution in [0.4, 0.5) is 0 Å². The normalized spacial score (nSPS) is 12.5. The fraction of sp³-hybridized carbons (Fsp3) is 0.273. The first-order chi connectivity index (χ1) is 13.0. The highest BCUT2D eigenvalue weighted by Crippen LogP contribution is 2.36. The fourth-order valence-electron chi connectivity index (χ4n) is 3.95. The lowest BCUT2D eigenvalue weighted by Crippen LogP contribution is -2.04. The highest BCUT2D eigenvalue weighted by Gasteiger charge is 2.10. The van der Waals surface area contributed by atoms with E-state index in [-0.39, 0.29) is 6.61 Å². The molecule has 0 bridgehead atoms. The van der Waals surface area contributed by atoms with Gasteiger partial charge in [0.15, 0.2) is 0 Å². The lowest BCUT2D eigenvalue weighted by molar-refractivity contribution is 0.261. The molecule has 0 radical (unpaired) electrons. The maximum Gasteiger partial charge on any atom is 0.397 e. The van der Waals surface area contributed by atoms with Gasteiger partial charge in [0.2, 0.25) is 0 Å². The van der Waals surface area contributed by atoms with Gasteiger partial charge in [-0.2, -0.15) is 8.42 Å². The predicted octanol–water partition coefficient (Wildman–Crippen LogP) is 5.51. The molecule has 4 rings (SSSR count). The Hall–Kier alpha value is -2.21. The average Bonchev–Trinajstić information content (AvgIpc) is 2.65. The predicted molar refractivity (Wildman–Crippen MR) is 110 cm³/mol. The van der Waals surface area contributed by atoms with Crippen molar-refractivity contribution in [3.63, 3.8) is 0 Å². The molecular weight excluding hydrogens is 360 g/mol.